The standard InChI is InChI=1S/C15H23N/c1-11(2)14-9-16(4)10-15(14)13-8-6-5-7-12(13)3/h5-8,11,14-15H,9-10H2,1-4H3. The van der Waals surface area contributed by atoms with Crippen LogP contribution < -0.4 is 0 Å². The van der Waals surface area contributed by atoms with Gasteiger partial charge >= 0.3 is 0 Å². The van der Waals surface area contributed by atoms with Gasteiger partial charge in [0.1, 0.15) is 0 Å². The molecular weight excluding hydrogens is 194 g/mol. The Morgan fingerprint density at radius 1 is 1.19 bits per heavy atom. The predicted octanol–water partition coefficient (Wildman–Crippen LogP) is 3.30. The minimum atomic E-state index is 0.728. The second kappa shape index (κ2) is 4.58. The molecule has 0 saturated carbocycles. The summed E-state index contributed by atoms with van der Waals surface area (Å²) in [7, 11) is 2.24. The highest BCUT2D eigenvalue weighted by Crippen LogP contribution is 2.37. The summed E-state index contributed by atoms with van der Waals surface area (Å²) in [5.74, 6) is 2.31. The molecule has 1 heteroatoms. The van der Waals surface area contributed by atoms with E-state index in [4.69, 9.17) is 0 Å². The molecule has 1 aliphatic heterocycles. The number of hydrogen-bond acceptors (Lipinski definition) is 1. The van der Waals surface area contributed by atoms with E-state index in [1.807, 2.05) is 0 Å². The first-order chi connectivity index (χ1) is 7.59. The minimum Gasteiger partial charge on any atom is -0.305 e. The molecule has 1 saturated heterocycles. The molecule has 2 unspecified atom stereocenters. The van der Waals surface area contributed by atoms with Gasteiger partial charge < -0.3 is 4.90 Å². The third kappa shape index (κ3) is 2.15. The third-order valence-corrected chi connectivity index (χ3v) is 3.99. The van der Waals surface area contributed by atoms with Crippen molar-refractivity contribution in [2.75, 3.05) is 20.1 Å². The summed E-state index contributed by atoms with van der Waals surface area (Å²) >= 11 is 0. The Bertz CT molecular complexity index is 356. The zero-order valence-electron chi connectivity index (χ0n) is 10.9. The van der Waals surface area contributed by atoms with Crippen LogP contribution in [0, 0.1) is 18.8 Å². The maximum Gasteiger partial charge on any atom is 0.00507 e. The molecule has 1 fully saturated rings. The molecule has 1 aromatic carbocycles. The molecule has 0 N–H and O–H groups in total. The van der Waals surface area contributed by atoms with Gasteiger partial charge in [0.25, 0.3) is 0 Å². The minimum absolute atomic E-state index is 0.728. The van der Waals surface area contributed by atoms with Crippen LogP contribution in [-0.4, -0.2) is 25.0 Å². The van der Waals surface area contributed by atoms with Gasteiger partial charge in [0, 0.05) is 19.0 Å². The van der Waals surface area contributed by atoms with Gasteiger partial charge in [-0.05, 0) is 36.9 Å². The van der Waals surface area contributed by atoms with Gasteiger partial charge in [-0.1, -0.05) is 38.1 Å². The molecule has 1 aliphatic rings. The molecular formula is C15H23N. The fraction of sp³-hybridized carbons (Fsp3) is 0.600. The fourth-order valence-corrected chi connectivity index (χ4v) is 3.04. The summed E-state index contributed by atoms with van der Waals surface area (Å²) in [6.45, 7) is 9.42. The van der Waals surface area contributed by atoms with Crippen LogP contribution in [0.5, 0.6) is 0 Å². The summed E-state index contributed by atoms with van der Waals surface area (Å²) in [6, 6.07) is 8.87. The first-order valence-corrected chi connectivity index (χ1v) is 6.33. The molecule has 0 spiro atoms. The van der Waals surface area contributed by atoms with E-state index in [0.29, 0.717) is 0 Å². The number of likely N-dealkylation sites (N-methyl/N-ethyl adjacent to an activating group) is 1. The number of nitrogens with zero attached hydrogens (tertiary/aromatic N) is 1. The lowest BCUT2D eigenvalue weighted by molar-refractivity contribution is 0.344. The van der Waals surface area contributed by atoms with Crippen molar-refractivity contribution < 1.29 is 0 Å². The SMILES string of the molecule is Cc1ccccc1C1CN(C)CC1C(C)C. The smallest absolute Gasteiger partial charge is 0.00507 e. The number of hydrogen-bond donors (Lipinski definition) is 0. The molecule has 2 atom stereocenters. The van der Waals surface area contributed by atoms with Gasteiger partial charge in [-0.2, -0.15) is 0 Å². The first kappa shape index (κ1) is 11.7. The monoisotopic (exact) mass is 217 g/mol. The van der Waals surface area contributed by atoms with Crippen molar-refractivity contribution in [2.45, 2.75) is 26.7 Å². The predicted molar refractivity (Wildman–Crippen MR) is 69.7 cm³/mol. The maximum absolute atomic E-state index is 2.47. The Labute approximate surface area is 99.5 Å². The van der Waals surface area contributed by atoms with E-state index in [0.717, 1.165) is 17.8 Å². The van der Waals surface area contributed by atoms with Gasteiger partial charge in [-0.25, -0.2) is 0 Å². The number of benzene rings is 1. The average Bonchev–Trinajstić information content (AvgIpc) is 2.61. The largest absolute Gasteiger partial charge is 0.305 e. The number of rotatable bonds is 2. The van der Waals surface area contributed by atoms with E-state index in [-0.39, 0.29) is 0 Å². The molecule has 1 heterocycles. The van der Waals surface area contributed by atoms with Crippen molar-refractivity contribution in [3.8, 4) is 0 Å². The molecule has 0 bridgehead atoms. The van der Waals surface area contributed by atoms with Crippen molar-refractivity contribution in [1.82, 2.24) is 4.90 Å². The Kier molecular flexibility index (Phi) is 3.34. The van der Waals surface area contributed by atoms with Gasteiger partial charge in [0.05, 0.1) is 0 Å². The quantitative estimate of drug-likeness (QED) is 0.734. The summed E-state index contributed by atoms with van der Waals surface area (Å²) in [6.07, 6.45) is 0. The van der Waals surface area contributed by atoms with Gasteiger partial charge in [0.2, 0.25) is 0 Å². The highest BCUT2D eigenvalue weighted by molar-refractivity contribution is 5.31. The van der Waals surface area contributed by atoms with Crippen molar-refractivity contribution in [3.63, 3.8) is 0 Å². The Morgan fingerprint density at radius 3 is 2.50 bits per heavy atom. The molecule has 0 aromatic heterocycles. The first-order valence-electron chi connectivity index (χ1n) is 6.33. The molecule has 0 amide bonds. The van der Waals surface area contributed by atoms with E-state index < -0.39 is 0 Å². The molecule has 88 valence electrons. The summed E-state index contributed by atoms with van der Waals surface area (Å²) in [5, 5.41) is 0. The highest BCUT2D eigenvalue weighted by Gasteiger charge is 2.34. The lowest BCUT2D eigenvalue weighted by Crippen LogP contribution is -2.18. The van der Waals surface area contributed by atoms with Gasteiger partial charge in [-0.15, -0.1) is 0 Å². The lowest BCUT2D eigenvalue weighted by atomic mass is 9.80. The van der Waals surface area contributed by atoms with Crippen molar-refractivity contribution in [1.29, 1.82) is 0 Å². The molecule has 0 radical (unpaired) electrons. The average molecular weight is 217 g/mol. The van der Waals surface area contributed by atoms with Crippen LogP contribution in [0.4, 0.5) is 0 Å². The molecule has 1 nitrogen and oxygen atoms in total. The van der Waals surface area contributed by atoms with Crippen LogP contribution >= 0.6 is 0 Å². The van der Waals surface area contributed by atoms with E-state index >= 15 is 0 Å². The molecule has 0 aliphatic carbocycles. The zero-order chi connectivity index (χ0) is 11.7. The number of aryl methyl sites for hydroxylation is 1. The molecule has 1 aromatic rings. The lowest BCUT2D eigenvalue weighted by Gasteiger charge is -2.23. The Hall–Kier alpha value is -0.820. The van der Waals surface area contributed by atoms with Crippen molar-refractivity contribution in [3.05, 3.63) is 35.4 Å². The van der Waals surface area contributed by atoms with E-state index in [1.54, 1.807) is 5.56 Å². The number of likely N-dealkylation sites (tertiary alicyclic amines) is 1. The van der Waals surface area contributed by atoms with Gasteiger partial charge in [-0.3, -0.25) is 0 Å². The second-order valence-corrected chi connectivity index (χ2v) is 5.59. The maximum atomic E-state index is 2.47. The second-order valence-electron chi connectivity index (χ2n) is 5.59. The van der Waals surface area contributed by atoms with Crippen molar-refractivity contribution in [2.24, 2.45) is 11.8 Å². The summed E-state index contributed by atoms with van der Waals surface area (Å²) in [5.41, 5.74) is 3.01. The Balaban J connectivity index is 2.29. The fourth-order valence-electron chi connectivity index (χ4n) is 3.04. The van der Waals surface area contributed by atoms with Crippen LogP contribution in [0.2, 0.25) is 0 Å². The summed E-state index contributed by atoms with van der Waals surface area (Å²) in [4.78, 5) is 2.47. The van der Waals surface area contributed by atoms with Crippen molar-refractivity contribution >= 4 is 0 Å². The van der Waals surface area contributed by atoms with E-state index in [9.17, 15) is 0 Å². The van der Waals surface area contributed by atoms with Gasteiger partial charge in [0.15, 0.2) is 0 Å². The normalized spacial score (nSPS) is 26.6. The molecule has 16 heavy (non-hydrogen) atoms. The third-order valence-electron chi connectivity index (χ3n) is 3.99. The summed E-state index contributed by atoms with van der Waals surface area (Å²) < 4.78 is 0. The highest BCUT2D eigenvalue weighted by atomic mass is 15.1. The van der Waals surface area contributed by atoms with E-state index in [1.165, 1.54) is 18.7 Å². The molecule has 2 rings (SSSR count). The van der Waals surface area contributed by atoms with Crippen LogP contribution in [0.15, 0.2) is 24.3 Å². The zero-order valence-corrected chi connectivity index (χ0v) is 10.9. The van der Waals surface area contributed by atoms with Crippen LogP contribution in [0.3, 0.4) is 0 Å². The van der Waals surface area contributed by atoms with Crippen LogP contribution in [-0.2, 0) is 0 Å². The van der Waals surface area contributed by atoms with Crippen LogP contribution in [0.25, 0.3) is 0 Å². The van der Waals surface area contributed by atoms with E-state index in [2.05, 4.69) is 57.0 Å². The topological polar surface area (TPSA) is 3.24 Å². The Morgan fingerprint density at radius 2 is 1.88 bits per heavy atom. The van der Waals surface area contributed by atoms with Crippen LogP contribution in [0.1, 0.15) is 30.9 Å².